The highest BCUT2D eigenvalue weighted by molar-refractivity contribution is 5.82. The summed E-state index contributed by atoms with van der Waals surface area (Å²) in [5.41, 5.74) is -0.100. The Morgan fingerprint density at radius 1 is 0.892 bits per heavy atom. The van der Waals surface area contributed by atoms with Crippen LogP contribution in [0.4, 0.5) is 4.79 Å². The average molecular weight is 524 g/mol. The second kappa shape index (κ2) is 13.0. The van der Waals surface area contributed by atoms with Crippen LogP contribution in [0.25, 0.3) is 0 Å². The molecule has 1 fully saturated rings. The van der Waals surface area contributed by atoms with Crippen molar-refractivity contribution in [1.29, 1.82) is 0 Å². The number of alkyl carbamates (subject to hydrolysis) is 1. The fourth-order valence-corrected chi connectivity index (χ4v) is 3.46. The van der Waals surface area contributed by atoms with Crippen LogP contribution >= 0.6 is 0 Å². The molecule has 1 heterocycles. The van der Waals surface area contributed by atoms with Gasteiger partial charge < -0.3 is 33.7 Å². The predicted octanol–water partition coefficient (Wildman–Crippen LogP) is 1.82. The number of nitrogens with one attached hydrogen (secondary N) is 1. The Morgan fingerprint density at radius 3 is 2.03 bits per heavy atom. The van der Waals surface area contributed by atoms with Gasteiger partial charge in [-0.2, -0.15) is 0 Å². The first-order valence-electron chi connectivity index (χ1n) is 11.6. The van der Waals surface area contributed by atoms with Gasteiger partial charge in [0.1, 0.15) is 24.4 Å². The minimum Gasteiger partial charge on any atom is -0.463 e. The lowest BCUT2D eigenvalue weighted by atomic mass is 10.1. The zero-order valence-corrected chi connectivity index (χ0v) is 21.7. The monoisotopic (exact) mass is 523 g/mol. The molecule has 1 aromatic carbocycles. The number of ether oxygens (including phenoxy) is 6. The normalized spacial score (nSPS) is 21.8. The number of hydrogen-bond donors (Lipinski definition) is 1. The first-order valence-corrected chi connectivity index (χ1v) is 11.6. The van der Waals surface area contributed by atoms with Gasteiger partial charge in [0.2, 0.25) is 12.4 Å². The smallest absolute Gasteiger partial charge is 0.408 e. The highest BCUT2D eigenvalue weighted by atomic mass is 16.8. The first kappa shape index (κ1) is 29.6. The van der Waals surface area contributed by atoms with Crippen molar-refractivity contribution in [2.45, 2.75) is 84.2 Å². The molecule has 5 unspecified atom stereocenters. The van der Waals surface area contributed by atoms with E-state index < -0.39 is 66.2 Å². The summed E-state index contributed by atoms with van der Waals surface area (Å²) in [4.78, 5) is 60.4. The number of esters is 4. The number of rotatable bonds is 9. The van der Waals surface area contributed by atoms with Crippen molar-refractivity contribution >= 4 is 30.0 Å². The van der Waals surface area contributed by atoms with E-state index in [0.29, 0.717) is 0 Å². The summed E-state index contributed by atoms with van der Waals surface area (Å²) in [6.45, 7) is 8.08. The van der Waals surface area contributed by atoms with Crippen LogP contribution in [0.15, 0.2) is 30.3 Å². The average Bonchev–Trinajstić information content (AvgIpc) is 3.06. The zero-order chi connectivity index (χ0) is 27.8. The van der Waals surface area contributed by atoms with E-state index in [1.54, 1.807) is 51.1 Å². The van der Waals surface area contributed by atoms with Gasteiger partial charge >= 0.3 is 30.0 Å². The number of hydrogen-bond acceptors (Lipinski definition) is 11. The number of amides is 1. The van der Waals surface area contributed by atoms with Crippen molar-refractivity contribution in [3.8, 4) is 0 Å². The standard InChI is InChI=1S/C25H33NO11/c1-14(27)32-13-19-20(33-15(2)28)21(34-16(3)29)23(35-19)36-22(30)18(12-17-10-8-7-9-11-17)26-24(31)37-25(4,5)6/h7-11,18-21,23H,12-13H2,1-6H3,(H,26,31). The van der Waals surface area contributed by atoms with Gasteiger partial charge in [-0.3, -0.25) is 14.4 Å². The maximum absolute atomic E-state index is 13.2. The fraction of sp³-hybridized carbons (Fsp3) is 0.560. The summed E-state index contributed by atoms with van der Waals surface area (Å²) in [6.07, 6.45) is -6.01. The topological polar surface area (TPSA) is 153 Å². The van der Waals surface area contributed by atoms with Gasteiger partial charge in [-0.1, -0.05) is 30.3 Å². The lowest BCUT2D eigenvalue weighted by molar-refractivity contribution is -0.200. The molecule has 37 heavy (non-hydrogen) atoms. The second-order valence-electron chi connectivity index (χ2n) is 9.32. The van der Waals surface area contributed by atoms with Crippen LogP contribution in [0.1, 0.15) is 47.1 Å². The predicted molar refractivity (Wildman–Crippen MR) is 126 cm³/mol. The third-order valence-electron chi connectivity index (χ3n) is 4.81. The molecule has 1 aliphatic heterocycles. The molecule has 5 atom stereocenters. The Hall–Kier alpha value is -3.67. The van der Waals surface area contributed by atoms with E-state index in [1.165, 1.54) is 6.92 Å². The molecule has 0 bridgehead atoms. The number of carbonyl (C=O) groups is 5. The van der Waals surface area contributed by atoms with Crippen LogP contribution in [0, 0.1) is 0 Å². The highest BCUT2D eigenvalue weighted by Gasteiger charge is 2.52. The molecule has 0 spiro atoms. The molecule has 0 saturated carbocycles. The summed E-state index contributed by atoms with van der Waals surface area (Å²) >= 11 is 0. The molecule has 0 aromatic heterocycles. The molecule has 12 nitrogen and oxygen atoms in total. The Kier molecular flexibility index (Phi) is 10.4. The van der Waals surface area contributed by atoms with E-state index in [-0.39, 0.29) is 13.0 Å². The summed E-state index contributed by atoms with van der Waals surface area (Å²) in [5, 5.41) is 2.49. The SMILES string of the molecule is CC(=O)OCC1OC(OC(=O)C(Cc2ccccc2)NC(=O)OC(C)(C)C)C(OC(C)=O)C1OC(C)=O. The highest BCUT2D eigenvalue weighted by Crippen LogP contribution is 2.29. The molecule has 1 saturated heterocycles. The van der Waals surface area contributed by atoms with Gasteiger partial charge in [-0.25, -0.2) is 9.59 Å². The van der Waals surface area contributed by atoms with Gasteiger partial charge in [0.15, 0.2) is 6.10 Å². The van der Waals surface area contributed by atoms with Crippen molar-refractivity contribution < 1.29 is 52.4 Å². The Bertz CT molecular complexity index is 973. The van der Waals surface area contributed by atoms with Gasteiger partial charge in [0, 0.05) is 27.2 Å². The quantitative estimate of drug-likeness (QED) is 0.372. The Balaban J connectivity index is 2.28. The molecule has 0 radical (unpaired) electrons. The Labute approximate surface area is 214 Å². The number of carbonyl (C=O) groups excluding carboxylic acids is 5. The maximum Gasteiger partial charge on any atom is 0.408 e. The second-order valence-corrected chi connectivity index (χ2v) is 9.32. The molecule has 1 aliphatic rings. The van der Waals surface area contributed by atoms with Crippen LogP contribution in [0.2, 0.25) is 0 Å². The summed E-state index contributed by atoms with van der Waals surface area (Å²) in [5.74, 6) is -3.03. The van der Waals surface area contributed by atoms with E-state index in [1.807, 2.05) is 0 Å². The third kappa shape index (κ3) is 10.1. The van der Waals surface area contributed by atoms with E-state index in [4.69, 9.17) is 28.4 Å². The van der Waals surface area contributed by atoms with Crippen molar-refractivity contribution in [2.24, 2.45) is 0 Å². The van der Waals surface area contributed by atoms with Crippen LogP contribution in [-0.4, -0.2) is 72.8 Å². The fourth-order valence-electron chi connectivity index (χ4n) is 3.46. The molecule has 204 valence electrons. The molecule has 0 aliphatic carbocycles. The maximum atomic E-state index is 13.2. The van der Waals surface area contributed by atoms with Gasteiger partial charge in [0.05, 0.1) is 0 Å². The first-order chi connectivity index (χ1) is 17.2. The lowest BCUT2D eigenvalue weighted by Gasteiger charge is -2.25. The van der Waals surface area contributed by atoms with Gasteiger partial charge in [-0.15, -0.1) is 0 Å². The Morgan fingerprint density at radius 2 is 1.49 bits per heavy atom. The lowest BCUT2D eigenvalue weighted by Crippen LogP contribution is -2.48. The minimum absolute atomic E-state index is 0.0497. The number of benzene rings is 1. The van der Waals surface area contributed by atoms with E-state index in [0.717, 1.165) is 19.4 Å². The van der Waals surface area contributed by atoms with Crippen molar-refractivity contribution in [2.75, 3.05) is 6.61 Å². The van der Waals surface area contributed by atoms with E-state index in [2.05, 4.69) is 5.32 Å². The van der Waals surface area contributed by atoms with E-state index >= 15 is 0 Å². The summed E-state index contributed by atoms with van der Waals surface area (Å²) in [6, 6.07) is 7.65. The molecule has 1 amide bonds. The van der Waals surface area contributed by atoms with E-state index in [9.17, 15) is 24.0 Å². The van der Waals surface area contributed by atoms with Crippen molar-refractivity contribution in [1.82, 2.24) is 5.32 Å². The van der Waals surface area contributed by atoms with Crippen molar-refractivity contribution in [3.05, 3.63) is 35.9 Å². The van der Waals surface area contributed by atoms with Gasteiger partial charge in [-0.05, 0) is 26.3 Å². The minimum atomic E-state index is -1.53. The van der Waals surface area contributed by atoms with Crippen molar-refractivity contribution in [3.63, 3.8) is 0 Å². The largest absolute Gasteiger partial charge is 0.463 e. The van der Waals surface area contributed by atoms with Crippen LogP contribution < -0.4 is 5.32 Å². The van der Waals surface area contributed by atoms with Crippen LogP contribution in [-0.2, 0) is 54.0 Å². The van der Waals surface area contributed by atoms with Crippen LogP contribution in [0.5, 0.6) is 0 Å². The molecule has 1 N–H and O–H groups in total. The summed E-state index contributed by atoms with van der Waals surface area (Å²) in [7, 11) is 0. The zero-order valence-electron chi connectivity index (χ0n) is 21.7. The van der Waals surface area contributed by atoms with Crippen LogP contribution in [0.3, 0.4) is 0 Å². The molecule has 1 aromatic rings. The molecule has 12 heteroatoms. The van der Waals surface area contributed by atoms with Gasteiger partial charge in [0.25, 0.3) is 0 Å². The third-order valence-corrected chi connectivity index (χ3v) is 4.81. The molecule has 2 rings (SSSR count). The summed E-state index contributed by atoms with van der Waals surface area (Å²) < 4.78 is 31.9. The molecular weight excluding hydrogens is 490 g/mol. The molecular formula is C25H33NO11.